The summed E-state index contributed by atoms with van der Waals surface area (Å²) in [5.41, 5.74) is 0.899. The summed E-state index contributed by atoms with van der Waals surface area (Å²) in [5.74, 6) is -0.191. The molecule has 7 heteroatoms. The number of aromatic nitrogens is 2. The van der Waals surface area contributed by atoms with Crippen LogP contribution >= 0.6 is 11.3 Å². The number of halogens is 1. The number of methoxy groups -OCH3 is 1. The minimum atomic E-state index is -0.487. The molecule has 5 nitrogen and oxygen atoms in total. The average molecular weight is 303 g/mol. The van der Waals surface area contributed by atoms with E-state index >= 15 is 0 Å². The first-order valence-corrected chi connectivity index (χ1v) is 6.85. The van der Waals surface area contributed by atoms with Crippen molar-refractivity contribution < 1.29 is 13.9 Å². The third kappa shape index (κ3) is 2.82. The lowest BCUT2D eigenvalue weighted by atomic mass is 10.3. The van der Waals surface area contributed by atoms with Crippen LogP contribution < -0.4 is 10.1 Å². The van der Waals surface area contributed by atoms with Crippen LogP contribution in [0.3, 0.4) is 0 Å². The van der Waals surface area contributed by atoms with Gasteiger partial charge in [0.25, 0.3) is 5.91 Å². The molecule has 0 fully saturated rings. The van der Waals surface area contributed by atoms with Crippen LogP contribution in [0, 0.1) is 5.82 Å². The Hall–Kier alpha value is -2.54. The number of fused-ring (bicyclic) bond motifs is 1. The van der Waals surface area contributed by atoms with Gasteiger partial charge in [-0.05, 0) is 30.3 Å². The molecule has 1 N–H and O–H groups in total. The fraction of sp³-hybridized carbons (Fsp3) is 0.0714. The monoisotopic (exact) mass is 303 g/mol. The van der Waals surface area contributed by atoms with E-state index in [0.29, 0.717) is 5.13 Å². The van der Waals surface area contributed by atoms with Crippen molar-refractivity contribution in [2.45, 2.75) is 0 Å². The molecule has 0 aliphatic rings. The largest absolute Gasteiger partial charge is 0.497 e. The van der Waals surface area contributed by atoms with Gasteiger partial charge in [0.05, 0.1) is 23.5 Å². The summed E-state index contributed by atoms with van der Waals surface area (Å²) in [6.45, 7) is 0. The highest BCUT2D eigenvalue weighted by Crippen LogP contribution is 2.29. The van der Waals surface area contributed by atoms with E-state index in [4.69, 9.17) is 4.74 Å². The van der Waals surface area contributed by atoms with Crippen LogP contribution in [-0.4, -0.2) is 23.0 Å². The lowest BCUT2D eigenvalue weighted by molar-refractivity contribution is 0.102. The number of thiazole rings is 1. The van der Waals surface area contributed by atoms with E-state index in [1.165, 1.54) is 23.5 Å². The van der Waals surface area contributed by atoms with Gasteiger partial charge in [0.1, 0.15) is 17.3 Å². The van der Waals surface area contributed by atoms with Crippen molar-refractivity contribution in [2.75, 3.05) is 12.4 Å². The zero-order valence-corrected chi connectivity index (χ0v) is 11.8. The van der Waals surface area contributed by atoms with Gasteiger partial charge in [-0.1, -0.05) is 11.3 Å². The van der Waals surface area contributed by atoms with Gasteiger partial charge < -0.3 is 4.74 Å². The van der Waals surface area contributed by atoms with Crippen LogP contribution in [0.1, 0.15) is 10.5 Å². The Morgan fingerprint density at radius 2 is 2.19 bits per heavy atom. The van der Waals surface area contributed by atoms with Crippen LogP contribution in [-0.2, 0) is 0 Å². The van der Waals surface area contributed by atoms with E-state index in [1.807, 2.05) is 12.1 Å². The molecule has 0 aliphatic heterocycles. The Morgan fingerprint density at radius 1 is 1.33 bits per heavy atom. The summed E-state index contributed by atoms with van der Waals surface area (Å²) >= 11 is 1.33. The third-order valence-corrected chi connectivity index (χ3v) is 3.71. The Labute approximate surface area is 123 Å². The number of anilines is 1. The van der Waals surface area contributed by atoms with E-state index in [2.05, 4.69) is 15.3 Å². The standard InChI is InChI=1S/C14H10FN3O2S/c1-20-9-3-5-10-12(6-9)21-14(17-10)18-13(19)11-4-2-8(15)7-16-11/h2-7H,1H3,(H,17,18,19)/i15+0. The molecule has 1 amide bonds. The molecule has 0 aliphatic carbocycles. The summed E-state index contributed by atoms with van der Waals surface area (Å²) in [5, 5.41) is 3.10. The van der Waals surface area contributed by atoms with Gasteiger partial charge in [-0.2, -0.15) is 0 Å². The van der Waals surface area contributed by atoms with Crippen molar-refractivity contribution in [3.05, 3.63) is 48.0 Å². The SMILES string of the molecule is COc1ccc2nc(NC(=O)c3ccc([19F])cn3)sc2c1. The summed E-state index contributed by atoms with van der Waals surface area (Å²) in [6.07, 6.45) is 0.998. The summed E-state index contributed by atoms with van der Waals surface area (Å²) in [4.78, 5) is 20.0. The van der Waals surface area contributed by atoms with E-state index in [-0.39, 0.29) is 5.69 Å². The number of nitrogens with one attached hydrogen (secondary N) is 1. The molecule has 0 radical (unpaired) electrons. The maximum atomic E-state index is 12.8. The smallest absolute Gasteiger partial charge is 0.276 e. The van der Waals surface area contributed by atoms with Gasteiger partial charge in [-0.25, -0.2) is 14.4 Å². The zero-order valence-electron chi connectivity index (χ0n) is 11.0. The molecular weight excluding hydrogens is 293 g/mol. The van der Waals surface area contributed by atoms with E-state index in [1.54, 1.807) is 13.2 Å². The highest BCUT2D eigenvalue weighted by Gasteiger charge is 2.11. The van der Waals surface area contributed by atoms with Crippen LogP contribution in [0.15, 0.2) is 36.5 Å². The molecule has 21 heavy (non-hydrogen) atoms. The average Bonchev–Trinajstić information content (AvgIpc) is 2.88. The number of hydrogen-bond acceptors (Lipinski definition) is 5. The second-order valence-electron chi connectivity index (χ2n) is 4.17. The van der Waals surface area contributed by atoms with Crippen molar-refractivity contribution >= 4 is 32.6 Å². The van der Waals surface area contributed by atoms with E-state index in [0.717, 1.165) is 22.2 Å². The van der Waals surface area contributed by atoms with Crippen LogP contribution in [0.2, 0.25) is 0 Å². The molecule has 2 heterocycles. The van der Waals surface area contributed by atoms with E-state index in [9.17, 15) is 9.18 Å². The lowest BCUT2D eigenvalue weighted by Gasteiger charge is -1.99. The molecule has 0 saturated carbocycles. The third-order valence-electron chi connectivity index (χ3n) is 2.78. The molecule has 3 aromatic rings. The fourth-order valence-electron chi connectivity index (χ4n) is 1.76. The highest BCUT2D eigenvalue weighted by atomic mass is 32.1. The number of benzene rings is 1. The van der Waals surface area contributed by atoms with Crippen molar-refractivity contribution in [3.63, 3.8) is 0 Å². The topological polar surface area (TPSA) is 64.1 Å². The van der Waals surface area contributed by atoms with Crippen molar-refractivity contribution in [1.82, 2.24) is 9.97 Å². The van der Waals surface area contributed by atoms with Crippen LogP contribution in [0.25, 0.3) is 10.2 Å². The summed E-state index contributed by atoms with van der Waals surface area (Å²) < 4.78 is 18.8. The van der Waals surface area contributed by atoms with E-state index < -0.39 is 11.7 Å². The predicted octanol–water partition coefficient (Wildman–Crippen LogP) is 3.09. The fourth-order valence-corrected chi connectivity index (χ4v) is 2.65. The zero-order chi connectivity index (χ0) is 14.8. The van der Waals surface area contributed by atoms with Gasteiger partial charge >= 0.3 is 0 Å². The Balaban J connectivity index is 1.84. The molecule has 106 valence electrons. The second kappa shape index (κ2) is 5.45. The first kappa shape index (κ1) is 13.4. The molecule has 0 bridgehead atoms. The van der Waals surface area contributed by atoms with Crippen molar-refractivity contribution in [2.24, 2.45) is 0 Å². The Morgan fingerprint density at radius 3 is 2.90 bits per heavy atom. The number of ether oxygens (including phenoxy) is 1. The number of pyridine rings is 1. The minimum absolute atomic E-state index is 0.133. The maximum Gasteiger partial charge on any atom is 0.276 e. The predicted molar refractivity (Wildman–Crippen MR) is 78.3 cm³/mol. The van der Waals surface area contributed by atoms with Gasteiger partial charge in [0.2, 0.25) is 0 Å². The van der Waals surface area contributed by atoms with Gasteiger partial charge in [0.15, 0.2) is 5.13 Å². The van der Waals surface area contributed by atoms with Crippen LogP contribution in [0.5, 0.6) is 5.75 Å². The minimum Gasteiger partial charge on any atom is -0.497 e. The summed E-state index contributed by atoms with van der Waals surface area (Å²) in [6, 6.07) is 7.97. The van der Waals surface area contributed by atoms with Gasteiger partial charge in [0, 0.05) is 0 Å². The maximum absolute atomic E-state index is 12.8. The molecule has 0 unspecified atom stereocenters. The normalized spacial score (nSPS) is 10.6. The molecular formula is C14H10FN3O2S. The number of carbonyl (C=O) groups excluding carboxylic acids is 1. The second-order valence-corrected chi connectivity index (χ2v) is 5.20. The Kier molecular flexibility index (Phi) is 3.49. The molecule has 0 saturated heterocycles. The number of rotatable bonds is 3. The molecule has 0 atom stereocenters. The van der Waals surface area contributed by atoms with Gasteiger partial charge in [-0.3, -0.25) is 10.1 Å². The summed E-state index contributed by atoms with van der Waals surface area (Å²) in [7, 11) is 1.59. The van der Waals surface area contributed by atoms with Crippen LogP contribution in [0.4, 0.5) is 9.52 Å². The first-order chi connectivity index (χ1) is 10.2. The molecule has 2 aromatic heterocycles. The molecule has 1 aromatic carbocycles. The first-order valence-electron chi connectivity index (χ1n) is 6.03. The lowest BCUT2D eigenvalue weighted by Crippen LogP contribution is -2.13. The van der Waals surface area contributed by atoms with Crippen molar-refractivity contribution in [1.29, 1.82) is 0 Å². The quantitative estimate of drug-likeness (QED) is 0.807. The van der Waals surface area contributed by atoms with Crippen molar-refractivity contribution in [3.8, 4) is 5.75 Å². The highest BCUT2D eigenvalue weighted by molar-refractivity contribution is 7.22. The molecule has 0 spiro atoms. The number of nitrogens with zero attached hydrogens (tertiary/aromatic N) is 2. The number of amides is 1. The number of carbonyl (C=O) groups is 1. The van der Waals surface area contributed by atoms with Gasteiger partial charge in [-0.15, -0.1) is 0 Å². The number of hydrogen-bond donors (Lipinski definition) is 1. The Bertz CT molecular complexity index is 802. The molecule has 3 rings (SSSR count).